The first kappa shape index (κ1) is 21.5. The quantitative estimate of drug-likeness (QED) is 0.744. The molecule has 1 heterocycles. The van der Waals surface area contributed by atoms with Gasteiger partial charge in [0.05, 0.1) is 12.6 Å². The lowest BCUT2D eigenvalue weighted by Gasteiger charge is -2.34. The van der Waals surface area contributed by atoms with Gasteiger partial charge < -0.3 is 10.2 Å². The van der Waals surface area contributed by atoms with Gasteiger partial charge in [0.25, 0.3) is 5.91 Å². The van der Waals surface area contributed by atoms with Crippen LogP contribution >= 0.6 is 15.9 Å². The Labute approximate surface area is 181 Å². The second-order valence-electron chi connectivity index (χ2n) is 7.79. The van der Waals surface area contributed by atoms with Gasteiger partial charge in [-0.15, -0.1) is 0 Å². The van der Waals surface area contributed by atoms with Crippen LogP contribution in [0.5, 0.6) is 0 Å². The first-order valence-electron chi connectivity index (χ1n) is 9.96. The Morgan fingerprint density at radius 2 is 1.59 bits per heavy atom. The van der Waals surface area contributed by atoms with E-state index in [2.05, 4.69) is 32.2 Å². The third kappa shape index (κ3) is 5.90. The van der Waals surface area contributed by atoms with Crippen LogP contribution in [-0.4, -0.2) is 54.3 Å². The van der Waals surface area contributed by atoms with E-state index in [1.165, 1.54) is 0 Å². The number of amides is 2. The number of piperazine rings is 1. The topological polar surface area (TPSA) is 52.7 Å². The van der Waals surface area contributed by atoms with Crippen molar-refractivity contribution in [1.82, 2.24) is 15.1 Å². The van der Waals surface area contributed by atoms with Crippen molar-refractivity contribution in [3.8, 4) is 0 Å². The number of hydrogen-bond acceptors (Lipinski definition) is 3. The maximum atomic E-state index is 12.8. The molecule has 0 aromatic heterocycles. The van der Waals surface area contributed by atoms with Crippen LogP contribution in [0.1, 0.15) is 40.0 Å². The van der Waals surface area contributed by atoms with Crippen LogP contribution in [0.15, 0.2) is 46.9 Å². The highest BCUT2D eigenvalue weighted by Crippen LogP contribution is 2.17. The number of hydrogen-bond donors (Lipinski definition) is 1. The number of carbonyl (C=O) groups excluding carboxylic acids is 2. The minimum absolute atomic E-state index is 0.00880. The molecule has 0 radical (unpaired) electrons. The third-order valence-electron chi connectivity index (χ3n) is 5.24. The van der Waals surface area contributed by atoms with Crippen LogP contribution < -0.4 is 5.32 Å². The van der Waals surface area contributed by atoms with Gasteiger partial charge in [-0.3, -0.25) is 14.5 Å². The smallest absolute Gasteiger partial charge is 0.253 e. The van der Waals surface area contributed by atoms with Gasteiger partial charge in [0.2, 0.25) is 5.91 Å². The molecule has 5 nitrogen and oxygen atoms in total. The Balaban J connectivity index is 1.48. The molecule has 6 heteroatoms. The minimum atomic E-state index is -0.0389. The summed E-state index contributed by atoms with van der Waals surface area (Å²) in [6, 6.07) is 13.9. The van der Waals surface area contributed by atoms with E-state index in [4.69, 9.17) is 0 Å². The summed E-state index contributed by atoms with van der Waals surface area (Å²) in [4.78, 5) is 29.2. The molecule has 1 N–H and O–H groups in total. The summed E-state index contributed by atoms with van der Waals surface area (Å²) in [5.41, 5.74) is 4.02. The standard InChI is InChI=1S/C23H28BrN3O2/c1-16-12-17(2)14-20(13-16)23(29)27-10-8-26(9-11-27)15-22(28)25-18(3)19-4-6-21(24)7-5-19/h4-7,12-14,18H,8-11,15H2,1-3H3,(H,25,28). The van der Waals surface area contributed by atoms with Crippen molar-refractivity contribution in [2.45, 2.75) is 26.8 Å². The predicted octanol–water partition coefficient (Wildman–Crippen LogP) is 3.70. The Bertz CT molecular complexity index is 854. The first-order chi connectivity index (χ1) is 13.8. The van der Waals surface area contributed by atoms with Crippen LogP contribution in [0.3, 0.4) is 0 Å². The summed E-state index contributed by atoms with van der Waals surface area (Å²) in [5.74, 6) is 0.0827. The summed E-state index contributed by atoms with van der Waals surface area (Å²) < 4.78 is 1.02. The molecule has 2 amide bonds. The van der Waals surface area contributed by atoms with Gasteiger partial charge >= 0.3 is 0 Å². The van der Waals surface area contributed by atoms with Crippen molar-refractivity contribution >= 4 is 27.7 Å². The maximum absolute atomic E-state index is 12.8. The molecular weight excluding hydrogens is 430 g/mol. The summed E-state index contributed by atoms with van der Waals surface area (Å²) in [6.45, 7) is 9.05. The number of carbonyl (C=O) groups is 2. The number of nitrogens with one attached hydrogen (secondary N) is 1. The highest BCUT2D eigenvalue weighted by Gasteiger charge is 2.24. The fourth-order valence-electron chi connectivity index (χ4n) is 3.71. The van der Waals surface area contributed by atoms with Gasteiger partial charge in [-0.2, -0.15) is 0 Å². The van der Waals surface area contributed by atoms with E-state index >= 15 is 0 Å². The molecule has 1 unspecified atom stereocenters. The fourth-order valence-corrected chi connectivity index (χ4v) is 3.98. The molecule has 1 saturated heterocycles. The molecule has 154 valence electrons. The van der Waals surface area contributed by atoms with E-state index in [-0.39, 0.29) is 17.9 Å². The van der Waals surface area contributed by atoms with Crippen LogP contribution in [0.25, 0.3) is 0 Å². The number of aryl methyl sites for hydroxylation is 2. The van der Waals surface area contributed by atoms with E-state index in [1.807, 2.05) is 62.1 Å². The van der Waals surface area contributed by atoms with Crippen LogP contribution in [-0.2, 0) is 4.79 Å². The van der Waals surface area contributed by atoms with Crippen LogP contribution in [0.2, 0.25) is 0 Å². The maximum Gasteiger partial charge on any atom is 0.253 e. The second-order valence-corrected chi connectivity index (χ2v) is 8.70. The lowest BCUT2D eigenvalue weighted by Crippen LogP contribution is -2.51. The number of nitrogens with zero attached hydrogens (tertiary/aromatic N) is 2. The zero-order chi connectivity index (χ0) is 21.0. The number of rotatable bonds is 5. The van der Waals surface area contributed by atoms with Crippen LogP contribution in [0.4, 0.5) is 0 Å². The summed E-state index contributed by atoms with van der Waals surface area (Å²) in [5, 5.41) is 3.06. The van der Waals surface area contributed by atoms with Crippen molar-refractivity contribution < 1.29 is 9.59 Å². The predicted molar refractivity (Wildman–Crippen MR) is 119 cm³/mol. The van der Waals surface area contributed by atoms with Gasteiger partial charge in [-0.05, 0) is 50.6 Å². The van der Waals surface area contributed by atoms with Crippen molar-refractivity contribution in [2.24, 2.45) is 0 Å². The highest BCUT2D eigenvalue weighted by atomic mass is 79.9. The fraction of sp³-hybridized carbons (Fsp3) is 0.391. The van der Waals surface area contributed by atoms with Gasteiger partial charge in [-0.25, -0.2) is 0 Å². The average Bonchev–Trinajstić information content (AvgIpc) is 2.67. The van der Waals surface area contributed by atoms with Gasteiger partial charge in [0, 0.05) is 36.2 Å². The van der Waals surface area contributed by atoms with Crippen molar-refractivity contribution in [2.75, 3.05) is 32.7 Å². The second kappa shape index (κ2) is 9.55. The zero-order valence-corrected chi connectivity index (χ0v) is 18.8. The van der Waals surface area contributed by atoms with Crippen molar-refractivity contribution in [3.05, 3.63) is 69.2 Å². The summed E-state index contributed by atoms with van der Waals surface area (Å²) in [7, 11) is 0. The Morgan fingerprint density at radius 3 is 2.17 bits per heavy atom. The van der Waals surface area contributed by atoms with E-state index in [9.17, 15) is 9.59 Å². The van der Waals surface area contributed by atoms with Crippen LogP contribution in [0, 0.1) is 13.8 Å². The Hall–Kier alpha value is -2.18. The van der Waals surface area contributed by atoms with Gasteiger partial charge in [-0.1, -0.05) is 45.3 Å². The molecule has 1 aliphatic heterocycles. The van der Waals surface area contributed by atoms with Crippen molar-refractivity contribution in [1.29, 1.82) is 0 Å². The Morgan fingerprint density at radius 1 is 1.00 bits per heavy atom. The lowest BCUT2D eigenvalue weighted by molar-refractivity contribution is -0.123. The third-order valence-corrected chi connectivity index (χ3v) is 5.77. The SMILES string of the molecule is Cc1cc(C)cc(C(=O)N2CCN(CC(=O)NC(C)c3ccc(Br)cc3)CC2)c1. The van der Waals surface area contributed by atoms with Gasteiger partial charge in [0.1, 0.15) is 0 Å². The van der Waals surface area contributed by atoms with Crippen molar-refractivity contribution in [3.63, 3.8) is 0 Å². The van der Waals surface area contributed by atoms with E-state index in [1.54, 1.807) is 0 Å². The van der Waals surface area contributed by atoms with E-state index in [0.29, 0.717) is 32.7 Å². The Kier molecular flexibility index (Phi) is 7.09. The monoisotopic (exact) mass is 457 g/mol. The minimum Gasteiger partial charge on any atom is -0.348 e. The molecule has 3 rings (SSSR count). The molecule has 0 aliphatic carbocycles. The summed E-state index contributed by atoms with van der Waals surface area (Å²) in [6.07, 6.45) is 0. The normalized spacial score (nSPS) is 15.8. The molecule has 2 aromatic carbocycles. The average molecular weight is 458 g/mol. The molecule has 2 aromatic rings. The first-order valence-corrected chi connectivity index (χ1v) is 10.8. The largest absolute Gasteiger partial charge is 0.348 e. The van der Waals surface area contributed by atoms with E-state index in [0.717, 1.165) is 26.7 Å². The highest BCUT2D eigenvalue weighted by molar-refractivity contribution is 9.10. The van der Waals surface area contributed by atoms with Gasteiger partial charge in [0.15, 0.2) is 0 Å². The molecular formula is C23H28BrN3O2. The summed E-state index contributed by atoms with van der Waals surface area (Å²) >= 11 is 3.43. The molecule has 1 aliphatic rings. The molecule has 0 bridgehead atoms. The molecule has 0 saturated carbocycles. The zero-order valence-electron chi connectivity index (χ0n) is 17.2. The number of benzene rings is 2. The molecule has 1 fully saturated rings. The molecule has 1 atom stereocenters. The lowest BCUT2D eigenvalue weighted by atomic mass is 10.1. The number of halogens is 1. The molecule has 29 heavy (non-hydrogen) atoms. The molecule has 0 spiro atoms. The van der Waals surface area contributed by atoms with E-state index < -0.39 is 0 Å².